The van der Waals surface area contributed by atoms with Crippen LogP contribution in [0.25, 0.3) is 0 Å². The third kappa shape index (κ3) is 12.6. The smallest absolute Gasteiger partial charge is 0.236 e. The molecule has 6 heteroatoms. The molecule has 1 rings (SSSR count). The van der Waals surface area contributed by atoms with Crippen molar-refractivity contribution in [2.75, 3.05) is 33.0 Å². The first-order chi connectivity index (χ1) is 14.7. The summed E-state index contributed by atoms with van der Waals surface area (Å²) in [7, 11) is 0. The zero-order valence-corrected chi connectivity index (χ0v) is 20.1. The Hall–Kier alpha value is -0.240. The molecule has 1 aliphatic rings. The van der Waals surface area contributed by atoms with Crippen molar-refractivity contribution in [2.24, 2.45) is 5.92 Å². The van der Waals surface area contributed by atoms with Gasteiger partial charge in [-0.25, -0.2) is 9.78 Å². The average Bonchev–Trinajstić information content (AvgIpc) is 3.58. The summed E-state index contributed by atoms with van der Waals surface area (Å²) in [6.45, 7) is 11.8. The number of ether oxygens (including phenoxy) is 2. The van der Waals surface area contributed by atoms with E-state index in [9.17, 15) is 0 Å². The second kappa shape index (κ2) is 18.3. The Morgan fingerprint density at radius 3 is 1.93 bits per heavy atom. The van der Waals surface area contributed by atoms with Crippen molar-refractivity contribution in [1.29, 1.82) is 0 Å². The molecule has 0 spiro atoms. The molecular formula is C24H48O6. The quantitative estimate of drug-likeness (QED) is 0.0614. The van der Waals surface area contributed by atoms with Crippen LogP contribution in [0.4, 0.5) is 0 Å². The fraction of sp³-hybridized carbons (Fsp3) is 1.00. The maximum Gasteiger partial charge on any atom is 0.236 e. The molecular weight excluding hydrogens is 384 g/mol. The molecule has 30 heavy (non-hydrogen) atoms. The average molecular weight is 433 g/mol. The lowest BCUT2D eigenvalue weighted by molar-refractivity contribution is -0.525. The van der Waals surface area contributed by atoms with E-state index in [2.05, 4.69) is 27.7 Å². The van der Waals surface area contributed by atoms with Crippen LogP contribution in [0.2, 0.25) is 0 Å². The van der Waals surface area contributed by atoms with Gasteiger partial charge in [-0.3, -0.25) is 0 Å². The summed E-state index contributed by atoms with van der Waals surface area (Å²) in [6.07, 6.45) is 13.4. The van der Waals surface area contributed by atoms with E-state index < -0.39 is 5.79 Å². The molecule has 6 nitrogen and oxygen atoms in total. The molecule has 0 aromatic carbocycles. The maximum absolute atomic E-state index is 5.92. The molecule has 0 saturated carbocycles. The van der Waals surface area contributed by atoms with Gasteiger partial charge in [-0.2, -0.15) is 9.78 Å². The van der Waals surface area contributed by atoms with Crippen LogP contribution in [0.3, 0.4) is 0 Å². The molecule has 180 valence electrons. The Bertz CT molecular complexity index is 365. The predicted octanol–water partition coefficient (Wildman–Crippen LogP) is 6.37. The summed E-state index contributed by atoms with van der Waals surface area (Å²) in [5, 5.41) is 0. The van der Waals surface area contributed by atoms with Crippen molar-refractivity contribution >= 4 is 0 Å². The van der Waals surface area contributed by atoms with Crippen LogP contribution in [0.5, 0.6) is 0 Å². The molecule has 1 heterocycles. The molecule has 0 aliphatic carbocycles. The highest BCUT2D eigenvalue weighted by Gasteiger charge is 2.42. The number of unbranched alkanes of at least 4 members (excludes halogenated alkanes) is 5. The van der Waals surface area contributed by atoms with E-state index in [4.69, 9.17) is 29.0 Å². The minimum Gasteiger partial charge on any atom is -0.379 e. The van der Waals surface area contributed by atoms with Gasteiger partial charge in [0, 0.05) is 18.9 Å². The SMILES string of the molecule is CCCCCCCCC(CCCOCC1CO1)C(CC)(OOCCC)OOCCC. The Labute approximate surface area is 185 Å². The molecule has 1 aliphatic heterocycles. The minimum absolute atomic E-state index is 0.197. The molecule has 0 bridgehead atoms. The molecule has 2 atom stereocenters. The topological polar surface area (TPSA) is 58.7 Å². The molecule has 0 aromatic heterocycles. The highest BCUT2D eigenvalue weighted by molar-refractivity contribution is 4.78. The standard InChI is InChI=1S/C24H48O6/c1-5-9-10-11-12-13-15-22(16-14-19-25-20-23-21-26-23)24(8-4,29-27-17-6-2)30-28-18-7-3/h22-23H,5-21H2,1-4H3. The zero-order valence-electron chi connectivity index (χ0n) is 20.1. The Kier molecular flexibility index (Phi) is 17.0. The zero-order chi connectivity index (χ0) is 21.9. The summed E-state index contributed by atoms with van der Waals surface area (Å²) < 4.78 is 11.0. The van der Waals surface area contributed by atoms with Gasteiger partial charge in [0.25, 0.3) is 0 Å². The monoisotopic (exact) mass is 432 g/mol. The molecule has 2 unspecified atom stereocenters. The van der Waals surface area contributed by atoms with Gasteiger partial charge >= 0.3 is 0 Å². The van der Waals surface area contributed by atoms with Crippen molar-refractivity contribution in [1.82, 2.24) is 0 Å². The number of epoxide rings is 1. The van der Waals surface area contributed by atoms with Crippen LogP contribution in [-0.2, 0) is 29.0 Å². The van der Waals surface area contributed by atoms with E-state index >= 15 is 0 Å². The van der Waals surface area contributed by atoms with Gasteiger partial charge in [0.1, 0.15) is 6.10 Å². The number of rotatable bonds is 23. The fourth-order valence-corrected chi connectivity index (χ4v) is 3.57. The Balaban J connectivity index is 2.63. The van der Waals surface area contributed by atoms with Crippen LogP contribution in [0, 0.1) is 5.92 Å². The summed E-state index contributed by atoms with van der Waals surface area (Å²) in [5.41, 5.74) is 0. The first-order valence-electron chi connectivity index (χ1n) is 12.5. The van der Waals surface area contributed by atoms with Crippen molar-refractivity contribution < 1.29 is 29.0 Å². The third-order valence-electron chi connectivity index (χ3n) is 5.54. The normalized spacial score (nSPS) is 17.4. The summed E-state index contributed by atoms with van der Waals surface area (Å²) in [6, 6.07) is 0. The van der Waals surface area contributed by atoms with E-state index in [0.29, 0.717) is 32.3 Å². The largest absolute Gasteiger partial charge is 0.379 e. The predicted molar refractivity (Wildman–Crippen MR) is 119 cm³/mol. The lowest BCUT2D eigenvalue weighted by atomic mass is 9.86. The molecule has 1 fully saturated rings. The van der Waals surface area contributed by atoms with Crippen molar-refractivity contribution in [3.63, 3.8) is 0 Å². The van der Waals surface area contributed by atoms with E-state index in [0.717, 1.165) is 45.3 Å². The third-order valence-corrected chi connectivity index (χ3v) is 5.54. The van der Waals surface area contributed by atoms with Gasteiger partial charge < -0.3 is 9.47 Å². The molecule has 1 saturated heterocycles. The van der Waals surface area contributed by atoms with Gasteiger partial charge in [-0.1, -0.05) is 66.2 Å². The minimum atomic E-state index is -0.868. The second-order valence-corrected chi connectivity index (χ2v) is 8.40. The van der Waals surface area contributed by atoms with Crippen molar-refractivity contribution in [2.45, 2.75) is 117 Å². The maximum atomic E-state index is 5.92. The molecule has 0 radical (unpaired) electrons. The fourth-order valence-electron chi connectivity index (χ4n) is 3.57. The number of hydrogen-bond donors (Lipinski definition) is 0. The van der Waals surface area contributed by atoms with E-state index in [1.165, 1.54) is 38.5 Å². The summed E-state index contributed by atoms with van der Waals surface area (Å²) in [4.78, 5) is 22.9. The highest BCUT2D eigenvalue weighted by atomic mass is 17.3. The molecule has 0 N–H and O–H groups in total. The van der Waals surface area contributed by atoms with Gasteiger partial charge in [-0.15, -0.1) is 0 Å². The second-order valence-electron chi connectivity index (χ2n) is 8.40. The van der Waals surface area contributed by atoms with E-state index in [1.807, 2.05) is 0 Å². The van der Waals surface area contributed by atoms with Gasteiger partial charge in [0.05, 0.1) is 26.4 Å². The number of hydrogen-bond acceptors (Lipinski definition) is 6. The summed E-state index contributed by atoms with van der Waals surface area (Å²) in [5.74, 6) is -0.670. The van der Waals surface area contributed by atoms with Crippen LogP contribution in [-0.4, -0.2) is 44.9 Å². The first kappa shape index (κ1) is 27.8. The summed E-state index contributed by atoms with van der Waals surface area (Å²) >= 11 is 0. The lowest BCUT2D eigenvalue weighted by Crippen LogP contribution is -2.44. The van der Waals surface area contributed by atoms with Crippen LogP contribution in [0.1, 0.15) is 105 Å². The van der Waals surface area contributed by atoms with Crippen LogP contribution in [0.15, 0.2) is 0 Å². The van der Waals surface area contributed by atoms with Crippen molar-refractivity contribution in [3.05, 3.63) is 0 Å². The first-order valence-corrected chi connectivity index (χ1v) is 12.5. The van der Waals surface area contributed by atoms with Crippen molar-refractivity contribution in [3.8, 4) is 0 Å². The highest BCUT2D eigenvalue weighted by Crippen LogP contribution is 2.36. The van der Waals surface area contributed by atoms with Crippen LogP contribution >= 0.6 is 0 Å². The van der Waals surface area contributed by atoms with Gasteiger partial charge in [0.15, 0.2) is 0 Å². The van der Waals surface area contributed by atoms with Gasteiger partial charge in [0.2, 0.25) is 5.79 Å². The van der Waals surface area contributed by atoms with Crippen LogP contribution < -0.4 is 0 Å². The van der Waals surface area contributed by atoms with Gasteiger partial charge in [-0.05, 0) is 32.1 Å². The Morgan fingerprint density at radius 2 is 1.37 bits per heavy atom. The van der Waals surface area contributed by atoms with E-state index in [1.54, 1.807) is 0 Å². The Morgan fingerprint density at radius 1 is 0.767 bits per heavy atom. The molecule has 0 amide bonds. The molecule has 0 aromatic rings. The lowest BCUT2D eigenvalue weighted by Gasteiger charge is -2.37. The van der Waals surface area contributed by atoms with E-state index in [-0.39, 0.29) is 5.92 Å².